The van der Waals surface area contributed by atoms with Gasteiger partial charge in [0.2, 0.25) is 5.52 Å². The lowest BCUT2D eigenvalue weighted by molar-refractivity contribution is -0.671. The van der Waals surface area contributed by atoms with Crippen LogP contribution >= 0.6 is 0 Å². The number of hydrogen-bond donors (Lipinski definition) is 0. The van der Waals surface area contributed by atoms with Crippen molar-refractivity contribution in [2.45, 2.75) is 0 Å². The third-order valence-electron chi connectivity index (χ3n) is 4.53. The molecule has 2 aromatic heterocycles. The molecule has 2 nitrogen and oxygen atoms in total. The average Bonchev–Trinajstić information content (AvgIpc) is 2.63. The Balaban J connectivity index is 1.97. The lowest BCUT2D eigenvalue weighted by atomic mass is 9.97. The maximum atomic E-state index is 2.30. The fourth-order valence-corrected chi connectivity index (χ4v) is 3.16. The Labute approximate surface area is 142 Å². The molecule has 0 atom stereocenters. The summed E-state index contributed by atoms with van der Waals surface area (Å²) in [6.07, 6.45) is 6.32. The minimum atomic E-state index is 1.24. The Kier molecular flexibility index (Phi) is 3.58. The van der Waals surface area contributed by atoms with Gasteiger partial charge in [-0.3, -0.25) is 0 Å². The molecule has 0 aliphatic carbocycles. The monoisotopic (exact) mass is 312 g/mol. The summed E-state index contributed by atoms with van der Waals surface area (Å²) in [5, 5.41) is 1.27. The van der Waals surface area contributed by atoms with Gasteiger partial charge in [-0.1, -0.05) is 30.3 Å². The second-order valence-electron chi connectivity index (χ2n) is 6.19. The molecule has 4 aromatic rings. The molecule has 0 unspecified atom stereocenters. The molecule has 2 aromatic carbocycles. The van der Waals surface area contributed by atoms with Crippen LogP contribution in [0.15, 0.2) is 85.3 Å². The fourth-order valence-electron chi connectivity index (χ4n) is 3.16. The molecule has 0 bridgehead atoms. The first-order valence-electron chi connectivity index (χ1n) is 8.16. The Morgan fingerprint density at radius 3 is 2.12 bits per heavy atom. The first-order chi connectivity index (χ1) is 11.7. The quantitative estimate of drug-likeness (QED) is 0.497. The molecule has 0 N–H and O–H groups in total. The lowest BCUT2D eigenvalue weighted by Crippen LogP contribution is -2.28. The number of pyridine rings is 2. The van der Waals surface area contributed by atoms with Gasteiger partial charge in [-0.15, -0.1) is 0 Å². The number of aromatic nitrogens is 2. The second kappa shape index (κ2) is 5.89. The SMILES string of the molecule is C[n+]1ccc(-c2cc[n+](C)c3ccc(-c4ccccc4)cc23)cc1. The Bertz CT molecular complexity index is 1000. The standard InChI is InChI=1S/C22H20N2/c1-23-13-10-18(11-14-23)20-12-15-24(2)22-9-8-19(16-21(20)22)17-6-4-3-5-7-17/h3-16H,1-2H3/q+2. The lowest BCUT2D eigenvalue weighted by Gasteiger charge is -2.08. The minimum Gasteiger partial charge on any atom is -0.208 e. The highest BCUT2D eigenvalue weighted by atomic mass is 14.9. The largest absolute Gasteiger partial charge is 0.212 e. The van der Waals surface area contributed by atoms with Crippen LogP contribution in [0.1, 0.15) is 0 Å². The maximum absolute atomic E-state index is 2.30. The Morgan fingerprint density at radius 1 is 0.625 bits per heavy atom. The van der Waals surface area contributed by atoms with Gasteiger partial charge in [-0.05, 0) is 28.8 Å². The molecule has 116 valence electrons. The van der Waals surface area contributed by atoms with Gasteiger partial charge in [-0.2, -0.15) is 0 Å². The van der Waals surface area contributed by atoms with Crippen molar-refractivity contribution in [3.05, 3.63) is 85.3 Å². The molecule has 2 heterocycles. The molecule has 0 saturated heterocycles. The highest BCUT2D eigenvalue weighted by Gasteiger charge is 2.13. The van der Waals surface area contributed by atoms with Crippen LogP contribution in [-0.4, -0.2) is 0 Å². The molecule has 24 heavy (non-hydrogen) atoms. The minimum absolute atomic E-state index is 1.24. The van der Waals surface area contributed by atoms with E-state index in [0.29, 0.717) is 0 Å². The van der Waals surface area contributed by atoms with Gasteiger partial charge in [0, 0.05) is 29.8 Å². The number of nitrogens with zero attached hydrogens (tertiary/aromatic N) is 2. The number of fused-ring (bicyclic) bond motifs is 1. The van der Waals surface area contributed by atoms with E-state index in [-0.39, 0.29) is 0 Å². The van der Waals surface area contributed by atoms with Crippen molar-refractivity contribution in [2.24, 2.45) is 14.1 Å². The molecule has 4 rings (SSSR count). The third kappa shape index (κ3) is 2.56. The normalized spacial score (nSPS) is 10.9. The molecule has 0 amide bonds. The summed E-state index contributed by atoms with van der Waals surface area (Å²) in [4.78, 5) is 0. The number of benzene rings is 2. The van der Waals surface area contributed by atoms with Crippen LogP contribution in [0.5, 0.6) is 0 Å². The van der Waals surface area contributed by atoms with Gasteiger partial charge < -0.3 is 0 Å². The highest BCUT2D eigenvalue weighted by Crippen LogP contribution is 2.30. The van der Waals surface area contributed by atoms with Crippen LogP contribution in [0, 0.1) is 0 Å². The average molecular weight is 312 g/mol. The molecule has 0 saturated carbocycles. The first-order valence-corrected chi connectivity index (χ1v) is 8.16. The summed E-state index contributed by atoms with van der Waals surface area (Å²) in [5.74, 6) is 0. The zero-order valence-electron chi connectivity index (χ0n) is 14.0. The van der Waals surface area contributed by atoms with Gasteiger partial charge >= 0.3 is 0 Å². The first kappa shape index (κ1) is 14.6. The van der Waals surface area contributed by atoms with Crippen molar-refractivity contribution < 1.29 is 9.13 Å². The van der Waals surface area contributed by atoms with E-state index in [1.165, 1.54) is 33.2 Å². The van der Waals surface area contributed by atoms with E-state index in [9.17, 15) is 0 Å². The van der Waals surface area contributed by atoms with Gasteiger partial charge in [0.1, 0.15) is 14.1 Å². The van der Waals surface area contributed by atoms with Gasteiger partial charge in [-0.25, -0.2) is 9.13 Å². The molecule has 0 aliphatic rings. The smallest absolute Gasteiger partial charge is 0.208 e. The van der Waals surface area contributed by atoms with Crippen LogP contribution in [0.25, 0.3) is 33.2 Å². The van der Waals surface area contributed by atoms with Crippen molar-refractivity contribution >= 4 is 10.9 Å². The fraction of sp³-hybridized carbons (Fsp3) is 0.0909. The Morgan fingerprint density at radius 2 is 1.38 bits per heavy atom. The molecule has 2 heteroatoms. The van der Waals surface area contributed by atoms with E-state index < -0.39 is 0 Å². The van der Waals surface area contributed by atoms with Gasteiger partial charge in [0.05, 0.1) is 5.39 Å². The number of rotatable bonds is 2. The highest BCUT2D eigenvalue weighted by molar-refractivity contribution is 5.95. The van der Waals surface area contributed by atoms with Crippen molar-refractivity contribution in [2.75, 3.05) is 0 Å². The summed E-state index contributed by atoms with van der Waals surface area (Å²) >= 11 is 0. The summed E-state index contributed by atoms with van der Waals surface area (Å²) in [7, 11) is 4.14. The van der Waals surface area contributed by atoms with E-state index >= 15 is 0 Å². The molecular weight excluding hydrogens is 292 g/mol. The van der Waals surface area contributed by atoms with E-state index in [1.807, 2.05) is 7.05 Å². The summed E-state index contributed by atoms with van der Waals surface area (Å²) in [6, 6.07) is 23.8. The Hall–Kier alpha value is -3.00. The topological polar surface area (TPSA) is 7.76 Å². The van der Waals surface area contributed by atoms with Crippen LogP contribution < -0.4 is 9.13 Å². The van der Waals surface area contributed by atoms with E-state index in [0.717, 1.165) is 0 Å². The second-order valence-corrected chi connectivity index (χ2v) is 6.19. The predicted molar refractivity (Wildman–Crippen MR) is 97.2 cm³/mol. The van der Waals surface area contributed by atoms with E-state index in [4.69, 9.17) is 0 Å². The number of hydrogen-bond acceptors (Lipinski definition) is 0. The molecule has 0 aliphatic heterocycles. The van der Waals surface area contributed by atoms with Crippen LogP contribution in [-0.2, 0) is 14.1 Å². The maximum Gasteiger partial charge on any atom is 0.212 e. The molecule has 0 spiro atoms. The third-order valence-corrected chi connectivity index (χ3v) is 4.53. The summed E-state index contributed by atoms with van der Waals surface area (Å²) < 4.78 is 4.24. The van der Waals surface area contributed by atoms with Gasteiger partial charge in [0.25, 0.3) is 0 Å². The van der Waals surface area contributed by atoms with Crippen LogP contribution in [0.4, 0.5) is 0 Å². The van der Waals surface area contributed by atoms with Crippen LogP contribution in [0.2, 0.25) is 0 Å². The zero-order chi connectivity index (χ0) is 16.5. The van der Waals surface area contributed by atoms with Gasteiger partial charge in [0.15, 0.2) is 18.6 Å². The molecule has 0 radical (unpaired) electrons. The summed E-state index contributed by atoms with van der Waals surface area (Å²) in [5.41, 5.74) is 6.24. The molecule has 0 fully saturated rings. The van der Waals surface area contributed by atoms with E-state index in [1.54, 1.807) is 0 Å². The van der Waals surface area contributed by atoms with E-state index in [2.05, 4.69) is 102 Å². The van der Waals surface area contributed by atoms with Crippen LogP contribution in [0.3, 0.4) is 0 Å². The predicted octanol–water partition coefficient (Wildman–Crippen LogP) is 3.82. The van der Waals surface area contributed by atoms with Crippen molar-refractivity contribution in [1.82, 2.24) is 0 Å². The van der Waals surface area contributed by atoms with Crippen molar-refractivity contribution in [3.63, 3.8) is 0 Å². The molecular formula is C22H20N2+2. The van der Waals surface area contributed by atoms with Crippen molar-refractivity contribution in [1.29, 1.82) is 0 Å². The summed E-state index contributed by atoms with van der Waals surface area (Å²) in [6.45, 7) is 0. The van der Waals surface area contributed by atoms with Crippen molar-refractivity contribution in [3.8, 4) is 22.3 Å². The number of aryl methyl sites for hydroxylation is 2. The zero-order valence-corrected chi connectivity index (χ0v) is 14.0.